The summed E-state index contributed by atoms with van der Waals surface area (Å²) < 4.78 is 21.1. The lowest BCUT2D eigenvalue weighted by Gasteiger charge is -2.08. The van der Waals surface area contributed by atoms with E-state index in [0.29, 0.717) is 27.5 Å². The first kappa shape index (κ1) is 12.8. The van der Waals surface area contributed by atoms with Gasteiger partial charge in [-0.05, 0) is 37.3 Å². The van der Waals surface area contributed by atoms with E-state index in [4.69, 9.17) is 17.0 Å². The van der Waals surface area contributed by atoms with E-state index in [9.17, 15) is 4.39 Å². The first-order chi connectivity index (χ1) is 9.61. The van der Waals surface area contributed by atoms with Gasteiger partial charge >= 0.3 is 0 Å². The third-order valence-corrected chi connectivity index (χ3v) is 3.48. The van der Waals surface area contributed by atoms with Crippen LogP contribution >= 0.6 is 12.2 Å². The van der Waals surface area contributed by atoms with Crippen molar-refractivity contribution in [1.82, 2.24) is 14.5 Å². The van der Waals surface area contributed by atoms with Crippen molar-refractivity contribution < 1.29 is 9.13 Å². The Kier molecular flexibility index (Phi) is 3.02. The van der Waals surface area contributed by atoms with E-state index < -0.39 is 0 Å². The molecule has 102 valence electrons. The van der Waals surface area contributed by atoms with Crippen LogP contribution in [0.2, 0.25) is 0 Å². The maximum absolute atomic E-state index is 13.7. The van der Waals surface area contributed by atoms with Crippen LogP contribution in [0.5, 0.6) is 5.88 Å². The smallest absolute Gasteiger partial charge is 0.215 e. The number of nitrogens with zero attached hydrogens (tertiary/aromatic N) is 2. The minimum Gasteiger partial charge on any atom is -0.481 e. The average molecular weight is 289 g/mol. The van der Waals surface area contributed by atoms with Crippen LogP contribution in [0.25, 0.3) is 16.9 Å². The fourth-order valence-electron chi connectivity index (χ4n) is 2.14. The fraction of sp³-hybridized carbons (Fsp3) is 0.143. The molecule has 0 atom stereocenters. The van der Waals surface area contributed by atoms with Gasteiger partial charge in [0.2, 0.25) is 5.88 Å². The van der Waals surface area contributed by atoms with Crippen molar-refractivity contribution in [2.24, 2.45) is 0 Å². The van der Waals surface area contributed by atoms with E-state index in [-0.39, 0.29) is 5.82 Å². The van der Waals surface area contributed by atoms with E-state index in [2.05, 4.69) is 9.97 Å². The summed E-state index contributed by atoms with van der Waals surface area (Å²) in [6.07, 6.45) is 0. The summed E-state index contributed by atoms with van der Waals surface area (Å²) in [5.41, 5.74) is 2.58. The zero-order chi connectivity index (χ0) is 14.3. The van der Waals surface area contributed by atoms with Gasteiger partial charge in [-0.15, -0.1) is 0 Å². The molecule has 3 rings (SSSR count). The van der Waals surface area contributed by atoms with Crippen LogP contribution in [0.15, 0.2) is 30.3 Å². The van der Waals surface area contributed by atoms with Crippen LogP contribution in [0.1, 0.15) is 5.56 Å². The molecule has 0 saturated heterocycles. The first-order valence-corrected chi connectivity index (χ1v) is 6.44. The van der Waals surface area contributed by atoms with E-state index in [1.165, 1.54) is 6.07 Å². The summed E-state index contributed by atoms with van der Waals surface area (Å²) in [5.74, 6) is 0.205. The number of imidazole rings is 1. The second-order valence-corrected chi connectivity index (χ2v) is 4.76. The number of nitrogens with one attached hydrogen (secondary N) is 1. The number of ether oxygens (including phenoxy) is 1. The Hall–Kier alpha value is -2.21. The van der Waals surface area contributed by atoms with Gasteiger partial charge in [0.25, 0.3) is 0 Å². The predicted octanol–water partition coefficient (Wildman–Crippen LogP) is 3.54. The SMILES string of the molecule is COc1ccc2[nH]c(=S)n(-c3cccc(F)c3C)c2n1. The highest BCUT2D eigenvalue weighted by molar-refractivity contribution is 7.71. The molecule has 3 aromatic rings. The highest BCUT2D eigenvalue weighted by Gasteiger charge is 2.12. The maximum atomic E-state index is 13.7. The van der Waals surface area contributed by atoms with Gasteiger partial charge in [0.05, 0.1) is 18.3 Å². The number of pyridine rings is 1. The molecule has 0 spiro atoms. The van der Waals surface area contributed by atoms with Crippen LogP contribution in [0, 0.1) is 17.5 Å². The summed E-state index contributed by atoms with van der Waals surface area (Å²) in [5, 5.41) is 0. The highest BCUT2D eigenvalue weighted by atomic mass is 32.1. The molecule has 20 heavy (non-hydrogen) atoms. The minimum absolute atomic E-state index is 0.276. The summed E-state index contributed by atoms with van der Waals surface area (Å²) in [4.78, 5) is 7.44. The first-order valence-electron chi connectivity index (χ1n) is 6.03. The maximum Gasteiger partial charge on any atom is 0.215 e. The zero-order valence-corrected chi connectivity index (χ0v) is 11.8. The van der Waals surface area contributed by atoms with Crippen LogP contribution in [0.4, 0.5) is 4.39 Å². The molecule has 6 heteroatoms. The number of aromatic nitrogens is 3. The number of H-pyrrole nitrogens is 1. The number of hydrogen-bond acceptors (Lipinski definition) is 3. The molecule has 0 bridgehead atoms. The van der Waals surface area contributed by atoms with E-state index in [1.54, 1.807) is 30.7 Å². The summed E-state index contributed by atoms with van der Waals surface area (Å²) in [6.45, 7) is 1.71. The number of aromatic amines is 1. The van der Waals surface area contributed by atoms with Crippen LogP contribution in [-0.2, 0) is 0 Å². The van der Waals surface area contributed by atoms with Gasteiger partial charge < -0.3 is 9.72 Å². The van der Waals surface area contributed by atoms with Gasteiger partial charge in [-0.25, -0.2) is 4.39 Å². The fourth-order valence-corrected chi connectivity index (χ4v) is 2.44. The molecule has 0 aliphatic rings. The minimum atomic E-state index is -0.276. The van der Waals surface area contributed by atoms with E-state index in [1.807, 2.05) is 12.1 Å². The quantitative estimate of drug-likeness (QED) is 0.734. The van der Waals surface area contributed by atoms with Gasteiger partial charge in [0, 0.05) is 11.6 Å². The molecule has 0 fully saturated rings. The van der Waals surface area contributed by atoms with Gasteiger partial charge in [-0.3, -0.25) is 4.57 Å². The second kappa shape index (κ2) is 4.72. The van der Waals surface area contributed by atoms with Crippen molar-refractivity contribution in [3.63, 3.8) is 0 Å². The third kappa shape index (κ3) is 1.89. The lowest BCUT2D eigenvalue weighted by Crippen LogP contribution is -2.00. The number of halogens is 1. The van der Waals surface area contributed by atoms with E-state index >= 15 is 0 Å². The molecular formula is C14H12FN3OS. The molecule has 0 aliphatic heterocycles. The molecule has 0 amide bonds. The Morgan fingerprint density at radius 1 is 1.30 bits per heavy atom. The normalized spacial score (nSPS) is 10.9. The van der Waals surface area contributed by atoms with Crippen molar-refractivity contribution in [2.75, 3.05) is 7.11 Å². The Bertz CT molecular complexity index is 853. The summed E-state index contributed by atoms with van der Waals surface area (Å²) >= 11 is 5.32. The molecule has 2 aromatic heterocycles. The number of hydrogen-bond donors (Lipinski definition) is 1. The standard InChI is InChI=1S/C14H12FN3OS/c1-8-9(15)4-3-5-11(8)18-13-10(16-14(18)20)6-7-12(17-13)19-2/h3-7H,1-2H3,(H,16,20). The van der Waals surface area contributed by atoms with Crippen LogP contribution in [0.3, 0.4) is 0 Å². The summed E-state index contributed by atoms with van der Waals surface area (Å²) in [7, 11) is 1.55. The van der Waals surface area contributed by atoms with Gasteiger partial charge in [-0.2, -0.15) is 4.98 Å². The average Bonchev–Trinajstić information content (AvgIpc) is 2.77. The number of benzene rings is 1. The topological polar surface area (TPSA) is 42.8 Å². The number of rotatable bonds is 2. The Labute approximate surface area is 119 Å². The van der Waals surface area contributed by atoms with Gasteiger partial charge in [-0.1, -0.05) is 6.07 Å². The Morgan fingerprint density at radius 2 is 2.10 bits per heavy atom. The molecule has 4 nitrogen and oxygen atoms in total. The lowest BCUT2D eigenvalue weighted by molar-refractivity contribution is 0.399. The molecule has 0 aliphatic carbocycles. The van der Waals surface area contributed by atoms with Crippen molar-refractivity contribution in [1.29, 1.82) is 0 Å². The molecule has 2 heterocycles. The Morgan fingerprint density at radius 3 is 2.85 bits per heavy atom. The lowest BCUT2D eigenvalue weighted by atomic mass is 10.2. The van der Waals surface area contributed by atoms with Crippen molar-refractivity contribution in [2.45, 2.75) is 6.92 Å². The van der Waals surface area contributed by atoms with Crippen LogP contribution in [-0.4, -0.2) is 21.6 Å². The van der Waals surface area contributed by atoms with E-state index in [0.717, 1.165) is 5.52 Å². The van der Waals surface area contributed by atoms with Crippen molar-refractivity contribution in [3.8, 4) is 11.6 Å². The molecular weight excluding hydrogens is 277 g/mol. The van der Waals surface area contributed by atoms with Crippen molar-refractivity contribution in [3.05, 3.63) is 46.5 Å². The molecule has 1 N–H and O–H groups in total. The zero-order valence-electron chi connectivity index (χ0n) is 11.0. The van der Waals surface area contributed by atoms with Crippen LogP contribution < -0.4 is 4.74 Å². The highest BCUT2D eigenvalue weighted by Crippen LogP contribution is 2.23. The Balaban J connectivity index is 2.38. The monoisotopic (exact) mass is 289 g/mol. The molecule has 0 radical (unpaired) electrons. The number of methoxy groups -OCH3 is 1. The molecule has 1 aromatic carbocycles. The van der Waals surface area contributed by atoms with Gasteiger partial charge in [0.15, 0.2) is 10.4 Å². The van der Waals surface area contributed by atoms with Gasteiger partial charge in [0.1, 0.15) is 5.82 Å². The predicted molar refractivity (Wildman–Crippen MR) is 77.5 cm³/mol. The van der Waals surface area contributed by atoms with Crippen molar-refractivity contribution >= 4 is 23.4 Å². The molecule has 0 saturated carbocycles. The summed E-state index contributed by atoms with van der Waals surface area (Å²) in [6, 6.07) is 8.46. The number of fused-ring (bicyclic) bond motifs is 1. The molecule has 0 unspecified atom stereocenters. The second-order valence-electron chi connectivity index (χ2n) is 4.37. The largest absolute Gasteiger partial charge is 0.481 e. The third-order valence-electron chi connectivity index (χ3n) is 3.20.